The van der Waals surface area contributed by atoms with Gasteiger partial charge in [0, 0.05) is 22.8 Å². The third-order valence-electron chi connectivity index (χ3n) is 2.72. The van der Waals surface area contributed by atoms with Crippen molar-refractivity contribution in [2.75, 3.05) is 4.72 Å². The molecule has 0 bridgehead atoms. The summed E-state index contributed by atoms with van der Waals surface area (Å²) < 4.78 is 41.6. The minimum Gasteiger partial charge on any atom is -0.326 e. The number of rotatable bonds is 4. The van der Waals surface area contributed by atoms with Crippen molar-refractivity contribution in [3.63, 3.8) is 0 Å². The maximum absolute atomic E-state index is 14.2. The zero-order valence-electron chi connectivity index (χ0n) is 11.1. The van der Waals surface area contributed by atoms with Crippen LogP contribution in [0.1, 0.15) is 11.1 Å². The van der Waals surface area contributed by atoms with E-state index in [9.17, 15) is 12.8 Å². The molecule has 0 spiro atoms. The van der Waals surface area contributed by atoms with Gasteiger partial charge < -0.3 is 5.73 Å². The first kappa shape index (κ1) is 15.9. The van der Waals surface area contributed by atoms with Crippen molar-refractivity contribution >= 4 is 31.6 Å². The van der Waals surface area contributed by atoms with Crippen molar-refractivity contribution in [3.8, 4) is 0 Å². The van der Waals surface area contributed by atoms with Crippen molar-refractivity contribution in [3.05, 3.63) is 52.0 Å². The average molecular weight is 374 g/mol. The number of nitrogens with zero attached hydrogens (tertiary/aromatic N) is 1. The maximum Gasteiger partial charge on any atom is 0.264 e. The molecule has 0 radical (unpaired) electrons. The largest absolute Gasteiger partial charge is 0.326 e. The van der Waals surface area contributed by atoms with Crippen LogP contribution in [0, 0.1) is 12.7 Å². The van der Waals surface area contributed by atoms with Crippen LogP contribution in [-0.4, -0.2) is 13.4 Å². The van der Waals surface area contributed by atoms with E-state index in [2.05, 4.69) is 25.6 Å². The first-order chi connectivity index (χ1) is 9.83. The van der Waals surface area contributed by atoms with Gasteiger partial charge in [-0.15, -0.1) is 0 Å². The molecule has 112 valence electrons. The SMILES string of the molecule is Cc1cncc(NS(=O)(=O)c2cc(Br)cc(CN)c2F)c1. The topological polar surface area (TPSA) is 85.1 Å². The second-order valence-corrected chi connectivity index (χ2v) is 7.00. The quantitative estimate of drug-likeness (QED) is 0.862. The minimum atomic E-state index is -4.07. The third-order valence-corrected chi connectivity index (χ3v) is 4.55. The number of aromatic nitrogens is 1. The first-order valence-electron chi connectivity index (χ1n) is 5.96. The summed E-state index contributed by atoms with van der Waals surface area (Å²) >= 11 is 3.15. The molecule has 1 heterocycles. The Bertz CT molecular complexity index is 781. The Balaban J connectivity index is 2.47. The van der Waals surface area contributed by atoms with Crippen LogP contribution < -0.4 is 10.5 Å². The van der Waals surface area contributed by atoms with Crippen LogP contribution in [0.15, 0.2) is 40.0 Å². The molecule has 0 aliphatic heterocycles. The number of nitrogens with one attached hydrogen (secondary N) is 1. The smallest absolute Gasteiger partial charge is 0.264 e. The highest BCUT2D eigenvalue weighted by molar-refractivity contribution is 9.10. The Labute approximate surface area is 130 Å². The number of anilines is 1. The van der Waals surface area contributed by atoms with Crippen molar-refractivity contribution in [1.82, 2.24) is 4.98 Å². The van der Waals surface area contributed by atoms with Crippen LogP contribution in [0.4, 0.5) is 10.1 Å². The van der Waals surface area contributed by atoms with E-state index in [0.29, 0.717) is 4.47 Å². The molecule has 5 nitrogen and oxygen atoms in total. The summed E-state index contributed by atoms with van der Waals surface area (Å²) in [4.78, 5) is 3.43. The average Bonchev–Trinajstić information content (AvgIpc) is 2.40. The summed E-state index contributed by atoms with van der Waals surface area (Å²) in [6, 6.07) is 4.24. The molecule has 0 aliphatic rings. The van der Waals surface area contributed by atoms with E-state index < -0.39 is 20.7 Å². The van der Waals surface area contributed by atoms with E-state index in [0.717, 1.165) is 5.56 Å². The van der Waals surface area contributed by atoms with Gasteiger partial charge in [-0.3, -0.25) is 9.71 Å². The number of sulfonamides is 1. The predicted octanol–water partition coefficient (Wildman–Crippen LogP) is 2.55. The Morgan fingerprint density at radius 3 is 2.67 bits per heavy atom. The van der Waals surface area contributed by atoms with Gasteiger partial charge in [-0.25, -0.2) is 12.8 Å². The molecule has 1 aromatic carbocycles. The molecular weight excluding hydrogens is 361 g/mol. The van der Waals surface area contributed by atoms with Crippen LogP contribution in [0.5, 0.6) is 0 Å². The number of nitrogens with two attached hydrogens (primary N) is 1. The Morgan fingerprint density at radius 1 is 1.33 bits per heavy atom. The number of pyridine rings is 1. The highest BCUT2D eigenvalue weighted by Gasteiger charge is 2.22. The fraction of sp³-hybridized carbons (Fsp3) is 0.154. The van der Waals surface area contributed by atoms with Gasteiger partial charge in [0.15, 0.2) is 0 Å². The fourth-order valence-electron chi connectivity index (χ4n) is 1.78. The second-order valence-electron chi connectivity index (χ2n) is 4.44. The zero-order chi connectivity index (χ0) is 15.6. The van der Waals surface area contributed by atoms with Crippen molar-refractivity contribution < 1.29 is 12.8 Å². The summed E-state index contributed by atoms with van der Waals surface area (Å²) in [5.74, 6) is -0.853. The lowest BCUT2D eigenvalue weighted by atomic mass is 10.2. The standard InChI is InChI=1S/C13H13BrFN3O2S/c1-8-2-11(7-17-6-8)18-21(19,20)12-4-10(14)3-9(5-16)13(12)15/h2-4,6-7,18H,5,16H2,1H3. The van der Waals surface area contributed by atoms with E-state index >= 15 is 0 Å². The first-order valence-corrected chi connectivity index (χ1v) is 8.23. The van der Waals surface area contributed by atoms with Crippen molar-refractivity contribution in [1.29, 1.82) is 0 Å². The monoisotopic (exact) mass is 373 g/mol. The minimum absolute atomic E-state index is 0.0974. The summed E-state index contributed by atoms with van der Waals surface area (Å²) in [6.45, 7) is 1.68. The van der Waals surface area contributed by atoms with Gasteiger partial charge in [-0.05, 0) is 30.7 Å². The van der Waals surface area contributed by atoms with Crippen LogP contribution in [0.2, 0.25) is 0 Å². The molecule has 0 unspecified atom stereocenters. The number of benzene rings is 1. The van der Waals surface area contributed by atoms with Gasteiger partial charge in [-0.2, -0.15) is 0 Å². The van der Waals surface area contributed by atoms with Crippen molar-refractivity contribution in [2.24, 2.45) is 5.73 Å². The Morgan fingerprint density at radius 2 is 2.05 bits per heavy atom. The number of hydrogen-bond acceptors (Lipinski definition) is 4. The molecule has 2 rings (SSSR count). The second kappa shape index (κ2) is 6.08. The lowest BCUT2D eigenvalue weighted by Crippen LogP contribution is -2.16. The Hall–Kier alpha value is -1.51. The lowest BCUT2D eigenvalue weighted by Gasteiger charge is -2.11. The number of halogens is 2. The molecule has 0 fully saturated rings. The molecule has 0 atom stereocenters. The normalized spacial score (nSPS) is 11.4. The molecule has 21 heavy (non-hydrogen) atoms. The maximum atomic E-state index is 14.2. The van der Waals surface area contributed by atoms with E-state index in [4.69, 9.17) is 5.73 Å². The van der Waals surface area contributed by atoms with Gasteiger partial charge in [-0.1, -0.05) is 15.9 Å². The van der Waals surface area contributed by atoms with Crippen LogP contribution in [0.25, 0.3) is 0 Å². The van der Waals surface area contributed by atoms with E-state index in [-0.39, 0.29) is 17.8 Å². The summed E-state index contributed by atoms with van der Waals surface area (Å²) in [5.41, 5.74) is 6.59. The van der Waals surface area contributed by atoms with E-state index in [1.807, 2.05) is 0 Å². The summed E-state index contributed by atoms with van der Waals surface area (Å²) in [6.07, 6.45) is 2.94. The van der Waals surface area contributed by atoms with Crippen molar-refractivity contribution in [2.45, 2.75) is 18.4 Å². The van der Waals surface area contributed by atoms with Gasteiger partial charge in [0.05, 0.1) is 11.9 Å². The molecule has 0 saturated heterocycles. The van der Waals surface area contributed by atoms with E-state index in [1.165, 1.54) is 18.3 Å². The van der Waals surface area contributed by atoms with Gasteiger partial charge in [0.1, 0.15) is 10.7 Å². The molecule has 8 heteroatoms. The molecule has 0 amide bonds. The Kier molecular flexibility index (Phi) is 4.60. The predicted molar refractivity (Wildman–Crippen MR) is 81.8 cm³/mol. The van der Waals surface area contributed by atoms with Gasteiger partial charge in [0.2, 0.25) is 0 Å². The molecule has 1 aromatic heterocycles. The molecule has 0 aliphatic carbocycles. The number of aryl methyl sites for hydroxylation is 1. The van der Waals surface area contributed by atoms with Crippen LogP contribution >= 0.6 is 15.9 Å². The van der Waals surface area contributed by atoms with Gasteiger partial charge >= 0.3 is 0 Å². The molecule has 0 saturated carbocycles. The number of hydrogen-bond donors (Lipinski definition) is 2. The van der Waals surface area contributed by atoms with Crippen LogP contribution in [-0.2, 0) is 16.6 Å². The van der Waals surface area contributed by atoms with E-state index in [1.54, 1.807) is 19.2 Å². The highest BCUT2D eigenvalue weighted by Crippen LogP contribution is 2.25. The van der Waals surface area contributed by atoms with Gasteiger partial charge in [0.25, 0.3) is 10.0 Å². The molecular formula is C13H13BrFN3O2S. The third kappa shape index (κ3) is 3.58. The zero-order valence-corrected chi connectivity index (χ0v) is 13.5. The highest BCUT2D eigenvalue weighted by atomic mass is 79.9. The lowest BCUT2D eigenvalue weighted by molar-refractivity contribution is 0.560. The summed E-state index contributed by atoms with van der Waals surface area (Å²) in [5, 5.41) is 0. The fourth-order valence-corrected chi connectivity index (χ4v) is 3.62. The molecule has 2 aromatic rings. The molecule has 3 N–H and O–H groups in total. The van der Waals surface area contributed by atoms with Crippen LogP contribution in [0.3, 0.4) is 0 Å². The summed E-state index contributed by atoms with van der Waals surface area (Å²) in [7, 11) is -4.07.